The Kier molecular flexibility index (Phi) is 6.28. The number of piperidine rings is 1. The Labute approximate surface area is 165 Å². The molecule has 0 aromatic carbocycles. The summed E-state index contributed by atoms with van der Waals surface area (Å²) in [5.74, 6) is 4.17. The summed E-state index contributed by atoms with van der Waals surface area (Å²) in [5, 5.41) is 3.79. The molecular weight excluding hydrogens is 338 g/mol. The molecule has 4 bridgehead atoms. The van der Waals surface area contributed by atoms with E-state index in [1.807, 2.05) is 7.05 Å². The van der Waals surface area contributed by atoms with Crippen molar-refractivity contribution < 1.29 is 9.47 Å². The van der Waals surface area contributed by atoms with Gasteiger partial charge in [0.15, 0.2) is 5.96 Å². The summed E-state index contributed by atoms with van der Waals surface area (Å²) in [5.41, 5.74) is 0.563. The van der Waals surface area contributed by atoms with Crippen molar-refractivity contribution in [3.8, 4) is 0 Å². The van der Waals surface area contributed by atoms with E-state index in [9.17, 15) is 0 Å². The second-order valence-electron chi connectivity index (χ2n) is 9.72. The van der Waals surface area contributed by atoms with E-state index in [0.29, 0.717) is 11.5 Å². The predicted molar refractivity (Wildman–Crippen MR) is 109 cm³/mol. The number of aliphatic imine (C=N–C) groups is 1. The molecule has 5 rings (SSSR count). The molecule has 5 heteroatoms. The molecule has 5 nitrogen and oxygen atoms in total. The highest BCUT2D eigenvalue weighted by atomic mass is 16.5. The quantitative estimate of drug-likeness (QED) is 0.420. The topological polar surface area (TPSA) is 46.1 Å². The zero-order valence-corrected chi connectivity index (χ0v) is 17.4. The van der Waals surface area contributed by atoms with Crippen molar-refractivity contribution in [2.45, 2.75) is 63.9 Å². The fraction of sp³-hybridized carbons (Fsp3) is 0.955. The van der Waals surface area contributed by atoms with E-state index in [-0.39, 0.29) is 0 Å². The highest BCUT2D eigenvalue weighted by molar-refractivity contribution is 5.80. The van der Waals surface area contributed by atoms with Crippen LogP contribution in [-0.2, 0) is 9.47 Å². The Morgan fingerprint density at radius 1 is 1.04 bits per heavy atom. The van der Waals surface area contributed by atoms with Crippen LogP contribution in [-0.4, -0.2) is 64.0 Å². The maximum absolute atomic E-state index is 6.00. The van der Waals surface area contributed by atoms with Crippen LogP contribution in [0.4, 0.5) is 0 Å². The molecule has 0 aromatic heterocycles. The van der Waals surface area contributed by atoms with Gasteiger partial charge in [0.2, 0.25) is 0 Å². The average molecular weight is 378 g/mol. The molecule has 0 amide bonds. The first-order chi connectivity index (χ1) is 13.2. The second kappa shape index (κ2) is 8.69. The number of likely N-dealkylation sites (tertiary alicyclic amines) is 1. The van der Waals surface area contributed by atoms with Gasteiger partial charge in [-0.3, -0.25) is 4.99 Å². The van der Waals surface area contributed by atoms with Gasteiger partial charge in [0.1, 0.15) is 0 Å². The summed E-state index contributed by atoms with van der Waals surface area (Å²) in [6.07, 6.45) is 12.5. The fourth-order valence-electron chi connectivity index (χ4n) is 6.79. The number of hydrogen-bond acceptors (Lipinski definition) is 3. The van der Waals surface area contributed by atoms with Gasteiger partial charge in [-0.25, -0.2) is 0 Å². The van der Waals surface area contributed by atoms with Gasteiger partial charge in [-0.15, -0.1) is 0 Å². The van der Waals surface area contributed by atoms with Gasteiger partial charge in [-0.2, -0.15) is 0 Å². The zero-order chi connectivity index (χ0) is 18.7. The van der Waals surface area contributed by atoms with Crippen LogP contribution in [0, 0.1) is 23.2 Å². The van der Waals surface area contributed by atoms with E-state index in [2.05, 4.69) is 15.2 Å². The van der Waals surface area contributed by atoms with E-state index in [4.69, 9.17) is 9.47 Å². The second-order valence-corrected chi connectivity index (χ2v) is 9.72. The molecule has 4 aliphatic carbocycles. The number of rotatable bonds is 7. The van der Waals surface area contributed by atoms with Crippen LogP contribution in [0.15, 0.2) is 4.99 Å². The molecule has 5 aliphatic rings. The number of ether oxygens (including phenoxy) is 2. The van der Waals surface area contributed by atoms with Crippen LogP contribution in [0.2, 0.25) is 0 Å². The Morgan fingerprint density at radius 3 is 2.22 bits per heavy atom. The summed E-state index contributed by atoms with van der Waals surface area (Å²) in [7, 11) is 3.69. The molecule has 27 heavy (non-hydrogen) atoms. The molecule has 5 fully saturated rings. The minimum Gasteiger partial charge on any atom is -0.385 e. The average Bonchev–Trinajstić information content (AvgIpc) is 2.66. The van der Waals surface area contributed by atoms with Gasteiger partial charge in [0, 0.05) is 47.0 Å². The third-order valence-electron chi connectivity index (χ3n) is 7.59. The maximum atomic E-state index is 6.00. The van der Waals surface area contributed by atoms with E-state index < -0.39 is 0 Å². The molecule has 1 aliphatic heterocycles. The van der Waals surface area contributed by atoms with Crippen LogP contribution in [0.5, 0.6) is 0 Å². The molecule has 0 unspecified atom stereocenters. The van der Waals surface area contributed by atoms with Crippen LogP contribution in [0.1, 0.15) is 57.8 Å². The lowest BCUT2D eigenvalue weighted by molar-refractivity contribution is -0.0496. The van der Waals surface area contributed by atoms with Crippen LogP contribution < -0.4 is 5.32 Å². The molecule has 154 valence electrons. The Bertz CT molecular complexity index is 478. The van der Waals surface area contributed by atoms with Crippen LogP contribution >= 0.6 is 0 Å². The maximum Gasteiger partial charge on any atom is 0.193 e. The molecule has 0 spiro atoms. The van der Waals surface area contributed by atoms with Crippen molar-refractivity contribution in [3.63, 3.8) is 0 Å². The monoisotopic (exact) mass is 377 g/mol. The smallest absolute Gasteiger partial charge is 0.193 e. The summed E-state index contributed by atoms with van der Waals surface area (Å²) < 4.78 is 11.1. The van der Waals surface area contributed by atoms with Crippen molar-refractivity contribution in [1.29, 1.82) is 0 Å². The van der Waals surface area contributed by atoms with Gasteiger partial charge >= 0.3 is 0 Å². The number of guanidine groups is 1. The molecule has 0 atom stereocenters. The number of hydrogen-bond donors (Lipinski definition) is 1. The van der Waals surface area contributed by atoms with E-state index in [1.54, 1.807) is 7.11 Å². The van der Waals surface area contributed by atoms with Gasteiger partial charge < -0.3 is 19.7 Å². The van der Waals surface area contributed by atoms with Crippen molar-refractivity contribution >= 4 is 5.96 Å². The molecule has 0 radical (unpaired) electrons. The van der Waals surface area contributed by atoms with Gasteiger partial charge in [0.25, 0.3) is 0 Å². The van der Waals surface area contributed by atoms with Gasteiger partial charge in [0.05, 0.1) is 6.10 Å². The highest BCUT2D eigenvalue weighted by Gasteiger charge is 2.50. The Balaban J connectivity index is 1.22. The van der Waals surface area contributed by atoms with Crippen molar-refractivity contribution in [2.24, 2.45) is 28.2 Å². The van der Waals surface area contributed by atoms with E-state index in [1.165, 1.54) is 38.5 Å². The number of nitrogens with zero attached hydrogens (tertiary/aromatic N) is 2. The molecular formula is C22H39N3O2. The third-order valence-corrected chi connectivity index (χ3v) is 7.59. The van der Waals surface area contributed by atoms with Crippen LogP contribution in [0.25, 0.3) is 0 Å². The predicted octanol–water partition coefficient (Wildman–Crippen LogP) is 3.30. The van der Waals surface area contributed by atoms with E-state index in [0.717, 1.165) is 75.8 Å². The Morgan fingerprint density at radius 2 is 1.67 bits per heavy atom. The summed E-state index contributed by atoms with van der Waals surface area (Å²) in [6, 6.07) is 0. The summed E-state index contributed by atoms with van der Waals surface area (Å²) in [4.78, 5) is 7.05. The lowest BCUT2D eigenvalue weighted by Crippen LogP contribution is -2.54. The fourth-order valence-corrected chi connectivity index (χ4v) is 6.79. The van der Waals surface area contributed by atoms with E-state index >= 15 is 0 Å². The normalized spacial score (nSPS) is 36.4. The first-order valence-electron chi connectivity index (χ1n) is 11.3. The lowest BCUT2D eigenvalue weighted by atomic mass is 9.49. The first kappa shape index (κ1) is 19.5. The standard InChI is InChI=1S/C22H39N3O2/c1-23-21(25-6-4-20(5-7-25)27-9-3-8-26-2)24-16-22-13-17-10-18(14-22)12-19(11-17)15-22/h17-20H,3-16H2,1-2H3,(H,23,24). The molecule has 0 aromatic rings. The number of methoxy groups -OCH3 is 1. The molecule has 1 N–H and O–H groups in total. The van der Waals surface area contributed by atoms with Crippen LogP contribution in [0.3, 0.4) is 0 Å². The molecule has 1 heterocycles. The SMILES string of the molecule is CN=C(NCC12CC3CC(CC(C3)C1)C2)N1CCC(OCCCOC)CC1. The van der Waals surface area contributed by atoms with Gasteiger partial charge in [-0.05, 0) is 81.0 Å². The minimum absolute atomic E-state index is 0.402. The third kappa shape index (κ3) is 4.61. The largest absolute Gasteiger partial charge is 0.385 e. The Hall–Kier alpha value is -0.810. The minimum atomic E-state index is 0.402. The number of nitrogens with one attached hydrogen (secondary N) is 1. The lowest BCUT2D eigenvalue weighted by Gasteiger charge is -2.57. The van der Waals surface area contributed by atoms with Crippen molar-refractivity contribution in [3.05, 3.63) is 0 Å². The van der Waals surface area contributed by atoms with Crippen molar-refractivity contribution in [1.82, 2.24) is 10.2 Å². The molecule has 1 saturated heterocycles. The zero-order valence-electron chi connectivity index (χ0n) is 17.4. The highest BCUT2D eigenvalue weighted by Crippen LogP contribution is 2.59. The first-order valence-corrected chi connectivity index (χ1v) is 11.3. The van der Waals surface area contributed by atoms with Gasteiger partial charge in [-0.1, -0.05) is 0 Å². The molecule has 4 saturated carbocycles. The summed E-state index contributed by atoms with van der Waals surface area (Å²) in [6.45, 7) is 4.85. The summed E-state index contributed by atoms with van der Waals surface area (Å²) >= 11 is 0. The van der Waals surface area contributed by atoms with Crippen molar-refractivity contribution in [2.75, 3.05) is 47.0 Å².